The zero-order valence-corrected chi connectivity index (χ0v) is 17.6. The van der Waals surface area contributed by atoms with Gasteiger partial charge in [-0.25, -0.2) is 4.98 Å². The van der Waals surface area contributed by atoms with Gasteiger partial charge in [0.15, 0.2) is 6.61 Å². The summed E-state index contributed by atoms with van der Waals surface area (Å²) in [5.74, 6) is 1.42. The van der Waals surface area contributed by atoms with Crippen LogP contribution in [0.5, 0.6) is 5.75 Å². The van der Waals surface area contributed by atoms with Crippen molar-refractivity contribution in [1.82, 2.24) is 9.88 Å². The van der Waals surface area contributed by atoms with Crippen LogP contribution in [0.25, 0.3) is 0 Å². The van der Waals surface area contributed by atoms with Gasteiger partial charge in [0, 0.05) is 32.7 Å². The number of ether oxygens (including phenoxy) is 1. The Morgan fingerprint density at radius 2 is 1.68 bits per heavy atom. The van der Waals surface area contributed by atoms with Gasteiger partial charge in [0.25, 0.3) is 5.91 Å². The molecule has 4 rings (SSSR count). The number of carbonyl (C=O) groups excluding carboxylic acids is 1. The number of amides is 1. The summed E-state index contributed by atoms with van der Waals surface area (Å²) in [5.41, 5.74) is 2.02. The number of benzene rings is 2. The number of pyridine rings is 1. The van der Waals surface area contributed by atoms with Gasteiger partial charge in [-0.2, -0.15) is 0 Å². The van der Waals surface area contributed by atoms with E-state index < -0.39 is 0 Å². The third-order valence-electron chi connectivity index (χ3n) is 5.31. The minimum Gasteiger partial charge on any atom is -0.484 e. The van der Waals surface area contributed by atoms with Crippen molar-refractivity contribution in [1.29, 1.82) is 0 Å². The maximum absolute atomic E-state index is 12.1. The molecule has 0 radical (unpaired) electrons. The molecule has 1 amide bonds. The molecule has 1 fully saturated rings. The summed E-state index contributed by atoms with van der Waals surface area (Å²) in [5, 5.41) is 2.84. The molecule has 1 aliphatic rings. The molecule has 1 N–H and O–H groups in total. The van der Waals surface area contributed by atoms with Crippen LogP contribution in [-0.2, 0) is 11.3 Å². The van der Waals surface area contributed by atoms with E-state index in [4.69, 9.17) is 4.74 Å². The number of aromatic nitrogens is 1. The summed E-state index contributed by atoms with van der Waals surface area (Å²) in [7, 11) is 0. The Bertz CT molecular complexity index is 948. The van der Waals surface area contributed by atoms with Crippen molar-refractivity contribution < 1.29 is 9.53 Å². The summed E-state index contributed by atoms with van der Waals surface area (Å²) in [6.07, 6.45) is 2.81. The molecule has 1 aromatic heterocycles. The van der Waals surface area contributed by atoms with E-state index in [1.165, 1.54) is 5.56 Å². The van der Waals surface area contributed by atoms with Crippen LogP contribution in [0.2, 0.25) is 0 Å². The van der Waals surface area contributed by atoms with E-state index >= 15 is 0 Å². The highest BCUT2D eigenvalue weighted by Gasteiger charge is 2.16. The Kier molecular flexibility index (Phi) is 7.13. The average Bonchev–Trinajstić information content (AvgIpc) is 3.05. The summed E-state index contributed by atoms with van der Waals surface area (Å²) in [6.45, 7) is 4.96. The van der Waals surface area contributed by atoms with Crippen molar-refractivity contribution in [2.75, 3.05) is 43.0 Å². The van der Waals surface area contributed by atoms with Crippen LogP contribution in [-0.4, -0.2) is 48.6 Å². The third-order valence-corrected chi connectivity index (χ3v) is 5.31. The first kappa shape index (κ1) is 20.9. The summed E-state index contributed by atoms with van der Waals surface area (Å²) in [4.78, 5) is 21.5. The summed E-state index contributed by atoms with van der Waals surface area (Å²) < 4.78 is 5.48. The molecule has 31 heavy (non-hydrogen) atoms. The van der Waals surface area contributed by atoms with Gasteiger partial charge in [0.1, 0.15) is 11.6 Å². The molecule has 0 saturated carbocycles. The molecule has 0 atom stereocenters. The SMILES string of the molecule is O=C(COc1ccccc1)Nc1ccc(N2CCCN(Cc3ccccc3)CC2)nc1. The molecule has 0 spiro atoms. The first-order valence-electron chi connectivity index (χ1n) is 10.7. The van der Waals surface area contributed by atoms with Gasteiger partial charge in [-0.1, -0.05) is 48.5 Å². The second kappa shape index (κ2) is 10.6. The fourth-order valence-corrected chi connectivity index (χ4v) is 3.71. The average molecular weight is 417 g/mol. The quantitative estimate of drug-likeness (QED) is 0.635. The molecule has 6 nitrogen and oxygen atoms in total. The van der Waals surface area contributed by atoms with Crippen molar-refractivity contribution in [3.8, 4) is 5.75 Å². The van der Waals surface area contributed by atoms with Gasteiger partial charge < -0.3 is 15.0 Å². The Morgan fingerprint density at radius 3 is 2.42 bits per heavy atom. The van der Waals surface area contributed by atoms with Crippen molar-refractivity contribution in [3.05, 3.63) is 84.6 Å². The zero-order valence-electron chi connectivity index (χ0n) is 17.6. The van der Waals surface area contributed by atoms with Gasteiger partial charge in [0.05, 0.1) is 11.9 Å². The molecule has 2 heterocycles. The molecule has 0 unspecified atom stereocenters. The number of rotatable bonds is 7. The van der Waals surface area contributed by atoms with Crippen molar-refractivity contribution in [3.63, 3.8) is 0 Å². The number of anilines is 2. The lowest BCUT2D eigenvalue weighted by atomic mass is 10.2. The van der Waals surface area contributed by atoms with Gasteiger partial charge in [-0.3, -0.25) is 9.69 Å². The van der Waals surface area contributed by atoms with Gasteiger partial charge in [0.2, 0.25) is 0 Å². The maximum Gasteiger partial charge on any atom is 0.262 e. The van der Waals surface area contributed by atoms with Crippen LogP contribution >= 0.6 is 0 Å². The lowest BCUT2D eigenvalue weighted by Gasteiger charge is -2.23. The first-order valence-corrected chi connectivity index (χ1v) is 10.7. The monoisotopic (exact) mass is 416 g/mol. The second-order valence-electron chi connectivity index (χ2n) is 7.66. The minimum atomic E-state index is -0.204. The lowest BCUT2D eigenvalue weighted by molar-refractivity contribution is -0.118. The number of nitrogens with one attached hydrogen (secondary N) is 1. The zero-order chi connectivity index (χ0) is 21.3. The van der Waals surface area contributed by atoms with Crippen LogP contribution in [0, 0.1) is 0 Å². The Balaban J connectivity index is 1.26. The Labute approximate surface area is 183 Å². The maximum atomic E-state index is 12.1. The number of hydrogen-bond acceptors (Lipinski definition) is 5. The van der Waals surface area contributed by atoms with E-state index in [-0.39, 0.29) is 12.5 Å². The highest BCUT2D eigenvalue weighted by atomic mass is 16.5. The molecular weight excluding hydrogens is 388 g/mol. The van der Waals surface area contributed by atoms with Crippen LogP contribution in [0.15, 0.2) is 79.0 Å². The minimum absolute atomic E-state index is 0.0326. The van der Waals surface area contributed by atoms with Gasteiger partial charge >= 0.3 is 0 Å². The largest absolute Gasteiger partial charge is 0.484 e. The number of para-hydroxylation sites is 1. The van der Waals surface area contributed by atoms with E-state index in [2.05, 4.69) is 50.4 Å². The van der Waals surface area contributed by atoms with E-state index in [0.717, 1.165) is 45.0 Å². The topological polar surface area (TPSA) is 57.7 Å². The molecule has 1 aliphatic heterocycles. The Hall–Kier alpha value is -3.38. The number of carbonyl (C=O) groups is 1. The van der Waals surface area contributed by atoms with Crippen molar-refractivity contribution >= 4 is 17.4 Å². The normalized spacial score (nSPS) is 14.6. The third kappa shape index (κ3) is 6.30. The van der Waals surface area contributed by atoms with E-state index in [1.54, 1.807) is 6.20 Å². The number of nitrogens with zero attached hydrogens (tertiary/aromatic N) is 3. The van der Waals surface area contributed by atoms with Gasteiger partial charge in [-0.05, 0) is 36.2 Å². The molecule has 160 valence electrons. The number of hydrogen-bond donors (Lipinski definition) is 1. The van der Waals surface area contributed by atoms with Crippen LogP contribution < -0.4 is 15.0 Å². The van der Waals surface area contributed by atoms with E-state index in [0.29, 0.717) is 11.4 Å². The molecule has 2 aromatic carbocycles. The second-order valence-corrected chi connectivity index (χ2v) is 7.66. The predicted molar refractivity (Wildman–Crippen MR) is 123 cm³/mol. The van der Waals surface area contributed by atoms with Crippen LogP contribution in [0.1, 0.15) is 12.0 Å². The molecule has 6 heteroatoms. The van der Waals surface area contributed by atoms with Crippen molar-refractivity contribution in [2.45, 2.75) is 13.0 Å². The standard InChI is InChI=1S/C25H28N4O2/c30-25(20-31-23-10-5-2-6-11-23)27-22-12-13-24(26-18-22)29-15-7-14-28(16-17-29)19-21-8-3-1-4-9-21/h1-6,8-13,18H,7,14-17,19-20H2,(H,27,30). The predicted octanol–water partition coefficient (Wildman–Crippen LogP) is 3.81. The van der Waals surface area contributed by atoms with E-state index in [1.807, 2.05) is 42.5 Å². The highest BCUT2D eigenvalue weighted by molar-refractivity contribution is 5.91. The summed E-state index contributed by atoms with van der Waals surface area (Å²) >= 11 is 0. The first-order chi connectivity index (χ1) is 15.3. The fraction of sp³-hybridized carbons (Fsp3) is 0.280. The molecule has 0 bridgehead atoms. The van der Waals surface area contributed by atoms with Crippen LogP contribution in [0.3, 0.4) is 0 Å². The lowest BCUT2D eigenvalue weighted by Crippen LogP contribution is -2.31. The molecule has 3 aromatic rings. The molecular formula is C25H28N4O2. The highest BCUT2D eigenvalue weighted by Crippen LogP contribution is 2.17. The van der Waals surface area contributed by atoms with Crippen LogP contribution in [0.4, 0.5) is 11.5 Å². The smallest absolute Gasteiger partial charge is 0.262 e. The van der Waals surface area contributed by atoms with Gasteiger partial charge in [-0.15, -0.1) is 0 Å². The summed E-state index contributed by atoms with van der Waals surface area (Å²) in [6, 6.07) is 23.8. The molecule has 1 saturated heterocycles. The van der Waals surface area contributed by atoms with Crippen molar-refractivity contribution in [2.24, 2.45) is 0 Å². The Morgan fingerprint density at radius 1 is 0.903 bits per heavy atom. The van der Waals surface area contributed by atoms with E-state index in [9.17, 15) is 4.79 Å². The fourth-order valence-electron chi connectivity index (χ4n) is 3.71. The molecule has 0 aliphatic carbocycles.